The van der Waals surface area contributed by atoms with E-state index in [4.69, 9.17) is 9.47 Å². The average molecular weight is 272 g/mol. The van der Waals surface area contributed by atoms with Gasteiger partial charge in [-0.15, -0.1) is 11.3 Å². The molecule has 1 N–H and O–H groups in total. The van der Waals surface area contributed by atoms with Crippen LogP contribution >= 0.6 is 11.3 Å². The zero-order valence-electron chi connectivity index (χ0n) is 12.2. The van der Waals surface area contributed by atoms with Gasteiger partial charge in [-0.1, -0.05) is 13.8 Å². The maximum atomic E-state index is 5.48. The summed E-state index contributed by atoms with van der Waals surface area (Å²) in [6.45, 7) is 9.71. The van der Waals surface area contributed by atoms with Crippen LogP contribution < -0.4 is 5.32 Å². The number of aromatic nitrogens is 1. The Morgan fingerprint density at radius 2 is 2.00 bits per heavy atom. The van der Waals surface area contributed by atoms with E-state index in [1.165, 1.54) is 4.88 Å². The lowest BCUT2D eigenvalue weighted by molar-refractivity contribution is 0.0187. The van der Waals surface area contributed by atoms with E-state index in [-0.39, 0.29) is 5.60 Å². The van der Waals surface area contributed by atoms with Gasteiger partial charge in [0.2, 0.25) is 0 Å². The van der Waals surface area contributed by atoms with Gasteiger partial charge in [-0.05, 0) is 13.8 Å². The molecule has 0 amide bonds. The molecule has 0 aliphatic rings. The Labute approximate surface area is 114 Å². The van der Waals surface area contributed by atoms with Crippen molar-refractivity contribution in [3.8, 4) is 0 Å². The predicted octanol–water partition coefficient (Wildman–Crippen LogP) is 2.67. The van der Waals surface area contributed by atoms with Crippen LogP contribution in [-0.2, 0) is 28.2 Å². The van der Waals surface area contributed by atoms with Crippen molar-refractivity contribution in [3.05, 3.63) is 15.6 Å². The molecule has 5 heteroatoms. The fraction of sp³-hybridized carbons (Fsp3) is 0.769. The van der Waals surface area contributed by atoms with Crippen LogP contribution in [0.4, 0.5) is 0 Å². The molecule has 0 unspecified atom stereocenters. The Balaban J connectivity index is 2.93. The zero-order valence-corrected chi connectivity index (χ0v) is 13.0. The van der Waals surface area contributed by atoms with Gasteiger partial charge in [0.15, 0.2) is 0 Å². The first-order valence-corrected chi connectivity index (χ1v) is 6.99. The number of thiazole rings is 1. The largest absolute Gasteiger partial charge is 0.378 e. The van der Waals surface area contributed by atoms with Crippen molar-refractivity contribution in [2.45, 2.75) is 52.5 Å². The number of hydrogen-bond donors (Lipinski definition) is 1. The van der Waals surface area contributed by atoms with Gasteiger partial charge in [-0.25, -0.2) is 4.98 Å². The molecule has 1 aromatic rings. The summed E-state index contributed by atoms with van der Waals surface area (Å²) in [5.41, 5.74) is 0.666. The van der Waals surface area contributed by atoms with Crippen LogP contribution in [0, 0.1) is 0 Å². The van der Waals surface area contributed by atoms with Crippen LogP contribution in [0.3, 0.4) is 0 Å². The molecule has 1 aromatic heterocycles. The maximum absolute atomic E-state index is 5.48. The van der Waals surface area contributed by atoms with E-state index in [1.807, 2.05) is 13.8 Å². The second-order valence-corrected chi connectivity index (χ2v) is 6.16. The van der Waals surface area contributed by atoms with Gasteiger partial charge >= 0.3 is 0 Å². The third-order valence-electron chi connectivity index (χ3n) is 2.76. The molecule has 0 fully saturated rings. The predicted molar refractivity (Wildman–Crippen MR) is 74.8 cm³/mol. The van der Waals surface area contributed by atoms with E-state index in [1.54, 1.807) is 25.6 Å². The van der Waals surface area contributed by atoms with Gasteiger partial charge in [-0.3, -0.25) is 0 Å². The van der Waals surface area contributed by atoms with Gasteiger partial charge in [0.25, 0.3) is 0 Å². The second-order valence-electron chi connectivity index (χ2n) is 5.07. The molecule has 18 heavy (non-hydrogen) atoms. The molecule has 1 heterocycles. The third kappa shape index (κ3) is 4.02. The summed E-state index contributed by atoms with van der Waals surface area (Å²) in [4.78, 5) is 5.88. The standard InChI is InChI=1S/C13H24N2O2S/c1-9(2)14-7-11-10(8-16-5)15-12(18-11)13(3,4)17-6/h9,14H,7-8H2,1-6H3. The molecule has 0 saturated heterocycles. The molecule has 0 atom stereocenters. The molecule has 4 nitrogen and oxygen atoms in total. The first-order valence-electron chi connectivity index (χ1n) is 6.17. The van der Waals surface area contributed by atoms with Crippen molar-refractivity contribution in [2.24, 2.45) is 0 Å². The van der Waals surface area contributed by atoms with Crippen LogP contribution in [0.5, 0.6) is 0 Å². The molecular formula is C13H24N2O2S. The summed E-state index contributed by atoms with van der Waals surface area (Å²) in [6, 6.07) is 0.460. The quantitative estimate of drug-likeness (QED) is 0.829. The number of hydrogen-bond acceptors (Lipinski definition) is 5. The van der Waals surface area contributed by atoms with Gasteiger partial charge in [0.05, 0.1) is 12.3 Å². The second kappa shape index (κ2) is 6.61. The minimum Gasteiger partial charge on any atom is -0.378 e. The molecule has 0 radical (unpaired) electrons. The number of methoxy groups -OCH3 is 2. The summed E-state index contributed by atoms with van der Waals surface area (Å²) < 4.78 is 10.7. The van der Waals surface area contributed by atoms with Gasteiger partial charge in [0, 0.05) is 31.7 Å². The Hall–Kier alpha value is -0.490. The number of nitrogens with one attached hydrogen (secondary N) is 1. The van der Waals surface area contributed by atoms with Crippen LogP contribution in [0.15, 0.2) is 0 Å². The van der Waals surface area contributed by atoms with E-state index in [0.717, 1.165) is 17.2 Å². The minimum atomic E-state index is -0.344. The SMILES string of the molecule is COCc1nc(C(C)(C)OC)sc1CNC(C)C. The number of rotatable bonds is 7. The topological polar surface area (TPSA) is 43.4 Å². The fourth-order valence-corrected chi connectivity index (χ4v) is 2.51. The highest BCUT2D eigenvalue weighted by Gasteiger charge is 2.25. The minimum absolute atomic E-state index is 0.344. The molecule has 0 aromatic carbocycles. The summed E-state index contributed by atoms with van der Waals surface area (Å²) in [5.74, 6) is 0. The lowest BCUT2D eigenvalue weighted by Gasteiger charge is -2.19. The first kappa shape index (κ1) is 15.6. The van der Waals surface area contributed by atoms with Crippen LogP contribution in [0.1, 0.15) is 43.3 Å². The van der Waals surface area contributed by atoms with Gasteiger partial charge < -0.3 is 14.8 Å². The summed E-state index contributed by atoms with van der Waals surface area (Å²) in [6.07, 6.45) is 0. The van der Waals surface area contributed by atoms with E-state index < -0.39 is 0 Å². The lowest BCUT2D eigenvalue weighted by Crippen LogP contribution is -2.21. The van der Waals surface area contributed by atoms with Crippen LogP contribution in [0.2, 0.25) is 0 Å². The van der Waals surface area contributed by atoms with Crippen molar-refractivity contribution < 1.29 is 9.47 Å². The van der Waals surface area contributed by atoms with E-state index >= 15 is 0 Å². The van der Waals surface area contributed by atoms with Gasteiger partial charge in [0.1, 0.15) is 10.6 Å². The Kier molecular flexibility index (Phi) is 5.72. The van der Waals surface area contributed by atoms with Gasteiger partial charge in [-0.2, -0.15) is 0 Å². The fourth-order valence-electron chi connectivity index (χ4n) is 1.41. The lowest BCUT2D eigenvalue weighted by atomic mass is 10.1. The molecule has 0 aliphatic carbocycles. The van der Waals surface area contributed by atoms with Crippen molar-refractivity contribution in [1.82, 2.24) is 10.3 Å². The molecule has 0 bridgehead atoms. The smallest absolute Gasteiger partial charge is 0.125 e. The van der Waals surface area contributed by atoms with E-state index in [2.05, 4.69) is 24.1 Å². The molecule has 0 spiro atoms. The zero-order chi connectivity index (χ0) is 13.8. The number of nitrogens with zero attached hydrogens (tertiary/aromatic N) is 1. The molecule has 104 valence electrons. The van der Waals surface area contributed by atoms with Crippen LogP contribution in [-0.4, -0.2) is 25.2 Å². The Morgan fingerprint density at radius 3 is 2.50 bits per heavy atom. The Bertz CT molecular complexity index is 375. The maximum Gasteiger partial charge on any atom is 0.125 e. The molecule has 0 aliphatic heterocycles. The molecule has 1 rings (SSSR count). The Morgan fingerprint density at radius 1 is 1.33 bits per heavy atom. The summed E-state index contributed by atoms with van der Waals surface area (Å²) in [5, 5.41) is 4.42. The van der Waals surface area contributed by atoms with Crippen LogP contribution in [0.25, 0.3) is 0 Å². The normalized spacial score (nSPS) is 12.4. The highest BCUT2D eigenvalue weighted by molar-refractivity contribution is 7.11. The van der Waals surface area contributed by atoms with Crippen molar-refractivity contribution in [1.29, 1.82) is 0 Å². The average Bonchev–Trinajstić information content (AvgIpc) is 2.71. The van der Waals surface area contributed by atoms with E-state index in [0.29, 0.717) is 12.6 Å². The molecule has 0 saturated carbocycles. The van der Waals surface area contributed by atoms with Crippen molar-refractivity contribution in [3.63, 3.8) is 0 Å². The third-order valence-corrected chi connectivity index (χ3v) is 4.16. The summed E-state index contributed by atoms with van der Waals surface area (Å²) >= 11 is 1.69. The van der Waals surface area contributed by atoms with E-state index in [9.17, 15) is 0 Å². The summed E-state index contributed by atoms with van der Waals surface area (Å²) in [7, 11) is 3.41. The van der Waals surface area contributed by atoms with Crippen molar-refractivity contribution >= 4 is 11.3 Å². The first-order chi connectivity index (χ1) is 8.40. The monoisotopic (exact) mass is 272 g/mol. The highest BCUT2D eigenvalue weighted by Crippen LogP contribution is 2.30. The van der Waals surface area contributed by atoms with Crippen molar-refractivity contribution in [2.75, 3.05) is 14.2 Å². The number of ether oxygens (including phenoxy) is 2. The highest BCUT2D eigenvalue weighted by atomic mass is 32.1. The molecular weight excluding hydrogens is 248 g/mol.